The molecule has 34 heavy (non-hydrogen) atoms. The molecular formula is C26H36N2O6. The van der Waals surface area contributed by atoms with E-state index in [1.54, 1.807) is 31.2 Å². The first kappa shape index (κ1) is 27.7. The van der Waals surface area contributed by atoms with Gasteiger partial charge in [-0.3, -0.25) is 4.79 Å². The molecule has 186 valence electrons. The number of nitrogens with two attached hydrogens (primary N) is 1. The van der Waals surface area contributed by atoms with Gasteiger partial charge >= 0.3 is 0 Å². The highest BCUT2D eigenvalue weighted by atomic mass is 16.7. The van der Waals surface area contributed by atoms with Crippen molar-refractivity contribution in [2.75, 3.05) is 13.2 Å². The molecular weight excluding hydrogens is 436 g/mol. The van der Waals surface area contributed by atoms with Crippen LogP contribution in [0.2, 0.25) is 0 Å². The maximum atomic E-state index is 12.0. The monoisotopic (exact) mass is 472 g/mol. The number of hydrogen-bond donors (Lipinski definition) is 5. The van der Waals surface area contributed by atoms with Gasteiger partial charge in [0, 0.05) is 12.6 Å². The van der Waals surface area contributed by atoms with Gasteiger partial charge in [-0.05, 0) is 12.8 Å². The van der Waals surface area contributed by atoms with Gasteiger partial charge in [-0.2, -0.15) is 0 Å². The maximum Gasteiger partial charge on any atom is 0.243 e. The fourth-order valence-electron chi connectivity index (χ4n) is 3.15. The maximum absolute atomic E-state index is 12.0. The zero-order valence-corrected chi connectivity index (χ0v) is 19.6. The lowest BCUT2D eigenvalue weighted by Gasteiger charge is -2.39. The molecule has 2 rings (SSSR count). The van der Waals surface area contributed by atoms with Crippen LogP contribution >= 0.6 is 0 Å². The van der Waals surface area contributed by atoms with E-state index in [0.29, 0.717) is 6.54 Å². The van der Waals surface area contributed by atoms with Crippen LogP contribution in [0.1, 0.15) is 13.8 Å². The fourth-order valence-corrected chi connectivity index (χ4v) is 3.15. The predicted octanol–water partition coefficient (Wildman–Crippen LogP) is 1.19. The molecule has 1 saturated heterocycles. The van der Waals surface area contributed by atoms with Crippen LogP contribution in [0, 0.1) is 5.92 Å². The Morgan fingerprint density at radius 2 is 1.65 bits per heavy atom. The first-order chi connectivity index (χ1) is 16.2. The van der Waals surface area contributed by atoms with E-state index < -0.39 is 36.2 Å². The highest BCUT2D eigenvalue weighted by Crippen LogP contribution is 2.23. The van der Waals surface area contributed by atoms with Crippen LogP contribution < -0.4 is 11.1 Å². The molecule has 8 nitrogen and oxygen atoms in total. The molecule has 0 unspecified atom stereocenters. The van der Waals surface area contributed by atoms with Crippen molar-refractivity contribution < 1.29 is 29.6 Å². The lowest BCUT2D eigenvalue weighted by atomic mass is 9.96. The van der Waals surface area contributed by atoms with E-state index in [9.17, 15) is 20.1 Å². The van der Waals surface area contributed by atoms with Crippen molar-refractivity contribution >= 4 is 5.91 Å². The van der Waals surface area contributed by atoms with Crippen molar-refractivity contribution in [1.82, 2.24) is 5.32 Å². The summed E-state index contributed by atoms with van der Waals surface area (Å²) in [6.07, 6.45) is 20.1. The molecule has 0 aromatic heterocycles. The molecule has 2 aliphatic heterocycles. The molecule has 0 aliphatic carbocycles. The minimum Gasteiger partial charge on any atom is -0.389 e. The molecule has 0 radical (unpaired) electrons. The molecule has 1 fully saturated rings. The van der Waals surface area contributed by atoms with Crippen molar-refractivity contribution in [1.29, 1.82) is 0 Å². The summed E-state index contributed by atoms with van der Waals surface area (Å²) in [7, 11) is 0. The van der Waals surface area contributed by atoms with Gasteiger partial charge in [0.15, 0.2) is 6.29 Å². The summed E-state index contributed by atoms with van der Waals surface area (Å²) in [6, 6.07) is -0.997. The number of hydrogen-bond acceptors (Lipinski definition) is 7. The van der Waals surface area contributed by atoms with Crippen molar-refractivity contribution in [2.24, 2.45) is 11.7 Å². The Balaban J connectivity index is 2.23. The first-order valence-corrected chi connectivity index (χ1v) is 11.3. The molecule has 7 atom stereocenters. The largest absolute Gasteiger partial charge is 0.389 e. The Bertz CT molecular complexity index is 855. The van der Waals surface area contributed by atoms with E-state index in [0.717, 1.165) is 0 Å². The lowest BCUT2D eigenvalue weighted by molar-refractivity contribution is -0.251. The molecule has 2 heterocycles. The number of aliphatic hydroxyl groups is 3. The Morgan fingerprint density at radius 1 is 1.03 bits per heavy atom. The van der Waals surface area contributed by atoms with Crippen molar-refractivity contribution in [3.8, 4) is 0 Å². The molecule has 0 saturated carbocycles. The zero-order valence-electron chi connectivity index (χ0n) is 19.6. The topological polar surface area (TPSA) is 134 Å². The Morgan fingerprint density at radius 3 is 2.32 bits per heavy atom. The van der Waals surface area contributed by atoms with Crippen LogP contribution in [0.3, 0.4) is 0 Å². The molecule has 0 aromatic carbocycles. The first-order valence-electron chi connectivity index (χ1n) is 11.3. The summed E-state index contributed by atoms with van der Waals surface area (Å²) in [5.74, 6) is -0.0758. The van der Waals surface area contributed by atoms with Gasteiger partial charge in [-0.15, -0.1) is 0 Å². The summed E-state index contributed by atoms with van der Waals surface area (Å²) in [5.41, 5.74) is 4.46. The predicted molar refractivity (Wildman–Crippen MR) is 131 cm³/mol. The number of ether oxygens (including phenoxy) is 2. The van der Waals surface area contributed by atoms with Gasteiger partial charge in [0.2, 0.25) is 5.91 Å². The SMILES string of the molecule is C[C@H]1/C=C/C=C/C=C\C=C\C=C/[C@@H](O[C@H]2OC[C@H](O)[C@@H](O)[C@@H]2N)[C@@](C)(O)/C=C/C=C/C(=O)NC1. The van der Waals surface area contributed by atoms with Gasteiger partial charge in [-0.1, -0.05) is 85.9 Å². The van der Waals surface area contributed by atoms with Crippen molar-refractivity contribution in [2.45, 2.75) is 50.1 Å². The Labute approximate surface area is 201 Å². The van der Waals surface area contributed by atoms with E-state index in [1.807, 2.05) is 49.5 Å². The summed E-state index contributed by atoms with van der Waals surface area (Å²) in [5, 5.41) is 33.7. The summed E-state index contributed by atoms with van der Waals surface area (Å²) in [4.78, 5) is 12.0. The van der Waals surface area contributed by atoms with Crippen LogP contribution in [-0.2, 0) is 14.3 Å². The Kier molecular flexibility index (Phi) is 11.4. The standard InChI is InChI=1S/C26H36N2O6/c1-19-13-9-7-5-3-4-6-8-10-14-21(34-25-23(27)24(31)20(29)18-33-25)26(2,32)16-12-11-15-22(30)28-17-19/h3-16,19-21,23-25,29,31-32H,17-18,27H2,1-2H3,(H,28,30)/b4-3-,7-5+,8-6+,13-9+,14-10-,15-11+,16-12+/t19-,20-,21+,23-,24+,25+,26-/m0/s1. The molecule has 1 amide bonds. The quantitative estimate of drug-likeness (QED) is 0.407. The average molecular weight is 473 g/mol. The van der Waals surface area contributed by atoms with Crippen LogP contribution in [0.4, 0.5) is 0 Å². The van der Waals surface area contributed by atoms with Crippen molar-refractivity contribution in [3.63, 3.8) is 0 Å². The molecule has 6 N–H and O–H groups in total. The number of rotatable bonds is 2. The van der Waals surface area contributed by atoms with E-state index in [4.69, 9.17) is 15.2 Å². The fraction of sp³-hybridized carbons (Fsp3) is 0.423. The molecule has 8 heteroatoms. The number of allylic oxidation sites excluding steroid dienone is 10. The summed E-state index contributed by atoms with van der Waals surface area (Å²) in [6.45, 7) is 3.90. The molecule has 0 spiro atoms. The normalized spacial score (nSPS) is 42.5. The number of amides is 1. The molecule has 0 bridgehead atoms. The minimum atomic E-state index is -1.51. The molecule has 0 aromatic rings. The van der Waals surface area contributed by atoms with E-state index in [2.05, 4.69) is 5.32 Å². The Hall–Kier alpha value is -2.59. The van der Waals surface area contributed by atoms with E-state index in [-0.39, 0.29) is 18.4 Å². The number of carbonyl (C=O) groups is 1. The van der Waals surface area contributed by atoms with E-state index in [1.165, 1.54) is 18.2 Å². The number of nitrogens with one attached hydrogen (secondary N) is 1. The van der Waals surface area contributed by atoms with Gasteiger partial charge in [0.25, 0.3) is 0 Å². The van der Waals surface area contributed by atoms with Gasteiger partial charge in [0.05, 0.1) is 12.6 Å². The highest BCUT2D eigenvalue weighted by Gasteiger charge is 2.40. The van der Waals surface area contributed by atoms with Crippen LogP contribution in [0.5, 0.6) is 0 Å². The third kappa shape index (κ3) is 9.34. The third-order valence-corrected chi connectivity index (χ3v) is 5.28. The van der Waals surface area contributed by atoms with Crippen LogP contribution in [0.25, 0.3) is 0 Å². The van der Waals surface area contributed by atoms with Crippen molar-refractivity contribution in [3.05, 3.63) is 85.1 Å². The van der Waals surface area contributed by atoms with Gasteiger partial charge in [0.1, 0.15) is 23.9 Å². The molecule has 2 aliphatic rings. The van der Waals surface area contributed by atoms with Gasteiger partial charge < -0.3 is 35.8 Å². The van der Waals surface area contributed by atoms with Crippen LogP contribution in [-0.4, -0.2) is 70.6 Å². The van der Waals surface area contributed by atoms with E-state index >= 15 is 0 Å². The third-order valence-electron chi connectivity index (χ3n) is 5.28. The summed E-state index contributed by atoms with van der Waals surface area (Å²) < 4.78 is 11.3. The lowest BCUT2D eigenvalue weighted by Crippen LogP contribution is -2.59. The second kappa shape index (κ2) is 14.0. The summed E-state index contributed by atoms with van der Waals surface area (Å²) >= 11 is 0. The highest BCUT2D eigenvalue weighted by molar-refractivity contribution is 5.87. The second-order valence-corrected chi connectivity index (χ2v) is 8.48. The smallest absolute Gasteiger partial charge is 0.243 e. The average Bonchev–Trinajstić information content (AvgIpc) is 2.80. The van der Waals surface area contributed by atoms with Gasteiger partial charge in [-0.25, -0.2) is 0 Å². The zero-order chi connectivity index (χ0) is 25.0. The minimum absolute atomic E-state index is 0.141. The number of carbonyl (C=O) groups excluding carboxylic acids is 1. The van der Waals surface area contributed by atoms with Crippen LogP contribution in [0.15, 0.2) is 85.1 Å². The number of aliphatic hydroxyl groups excluding tert-OH is 2. The second-order valence-electron chi connectivity index (χ2n) is 8.48.